The van der Waals surface area contributed by atoms with Gasteiger partial charge in [0.1, 0.15) is 0 Å². The van der Waals surface area contributed by atoms with Gasteiger partial charge in [-0.15, -0.1) is 0 Å². The van der Waals surface area contributed by atoms with E-state index in [9.17, 15) is 0 Å². The third-order valence-electron chi connectivity index (χ3n) is 2.66. The predicted octanol–water partition coefficient (Wildman–Crippen LogP) is 0.873. The molecule has 2 nitrogen and oxygen atoms in total. The summed E-state index contributed by atoms with van der Waals surface area (Å²) in [5.41, 5.74) is 0.967. The summed E-state index contributed by atoms with van der Waals surface area (Å²) < 4.78 is 0. The maximum Gasteiger partial charge on any atom is 0.0162 e. The monoisotopic (exact) mass is 124 g/mol. The molecule has 2 saturated heterocycles. The van der Waals surface area contributed by atoms with Crippen molar-refractivity contribution >= 4 is 5.71 Å². The minimum atomic E-state index is 0.733. The normalized spacial score (nSPS) is 42.6. The smallest absolute Gasteiger partial charge is 0.0162 e. The number of rotatable bonds is 0. The summed E-state index contributed by atoms with van der Waals surface area (Å²) in [6, 6.07) is 1.47. The molecule has 0 aromatic carbocycles. The van der Waals surface area contributed by atoms with Crippen molar-refractivity contribution in [2.45, 2.75) is 31.3 Å². The van der Waals surface area contributed by atoms with Crippen LogP contribution in [0.15, 0.2) is 0 Å². The molecule has 1 N–H and O–H groups in total. The van der Waals surface area contributed by atoms with Crippen molar-refractivity contribution in [3.8, 4) is 0 Å². The van der Waals surface area contributed by atoms with Gasteiger partial charge in [-0.05, 0) is 13.5 Å². The summed E-state index contributed by atoms with van der Waals surface area (Å²) in [6.45, 7) is 0. The molecule has 2 heterocycles. The van der Waals surface area contributed by atoms with Crippen molar-refractivity contribution in [1.29, 1.82) is 5.41 Å². The van der Waals surface area contributed by atoms with E-state index in [-0.39, 0.29) is 0 Å². The van der Waals surface area contributed by atoms with E-state index in [1.54, 1.807) is 0 Å². The lowest BCUT2D eigenvalue weighted by molar-refractivity contribution is 0.0375. The molecular weight excluding hydrogens is 112 g/mol. The van der Waals surface area contributed by atoms with Gasteiger partial charge in [0.15, 0.2) is 0 Å². The largest absolute Gasteiger partial charge is 0.310 e. The van der Waals surface area contributed by atoms with E-state index in [1.807, 2.05) is 0 Å². The third-order valence-corrected chi connectivity index (χ3v) is 2.66. The minimum absolute atomic E-state index is 0.733. The molecular formula is C7H12N2. The molecule has 1 aliphatic carbocycles. The second-order valence-electron chi connectivity index (χ2n) is 3.22. The van der Waals surface area contributed by atoms with Crippen LogP contribution in [0.4, 0.5) is 0 Å². The predicted molar refractivity (Wildman–Crippen MR) is 36.9 cm³/mol. The van der Waals surface area contributed by atoms with Gasteiger partial charge in [0.05, 0.1) is 0 Å². The lowest BCUT2D eigenvalue weighted by Crippen LogP contribution is -2.58. The highest BCUT2D eigenvalue weighted by Crippen LogP contribution is 2.34. The van der Waals surface area contributed by atoms with Crippen LogP contribution in [0.1, 0.15) is 19.3 Å². The van der Waals surface area contributed by atoms with Crippen molar-refractivity contribution in [2.24, 2.45) is 0 Å². The van der Waals surface area contributed by atoms with Crippen molar-refractivity contribution in [2.75, 3.05) is 7.05 Å². The topological polar surface area (TPSA) is 27.1 Å². The van der Waals surface area contributed by atoms with E-state index >= 15 is 0 Å². The Bertz CT molecular complexity index is 139. The molecule has 3 rings (SSSR count). The second-order valence-corrected chi connectivity index (χ2v) is 3.22. The number of fused-ring (bicyclic) bond motifs is 2. The van der Waals surface area contributed by atoms with Crippen LogP contribution in [0, 0.1) is 5.41 Å². The molecule has 1 saturated carbocycles. The number of nitrogens with zero attached hydrogens (tertiary/aromatic N) is 1. The van der Waals surface area contributed by atoms with Gasteiger partial charge in [0, 0.05) is 30.6 Å². The fraction of sp³-hybridized carbons (Fsp3) is 0.857. The van der Waals surface area contributed by atoms with Crippen LogP contribution in [0.3, 0.4) is 0 Å². The zero-order valence-electron chi connectivity index (χ0n) is 5.72. The highest BCUT2D eigenvalue weighted by atomic mass is 15.2. The minimum Gasteiger partial charge on any atom is -0.310 e. The number of hydrogen-bond donors (Lipinski definition) is 1. The molecule has 0 amide bonds. The standard InChI is InChI=1S/C7H12N2/c1-9-6-2-5(8)3-7(9)4-6/h6-8H,2-4H2,1H3/t6-,7+. The zero-order chi connectivity index (χ0) is 6.43. The van der Waals surface area contributed by atoms with Gasteiger partial charge >= 0.3 is 0 Å². The molecule has 2 aliphatic heterocycles. The summed E-state index contributed by atoms with van der Waals surface area (Å²) in [4.78, 5) is 2.40. The summed E-state index contributed by atoms with van der Waals surface area (Å²) in [6.07, 6.45) is 3.42. The van der Waals surface area contributed by atoms with Crippen molar-refractivity contribution in [3.05, 3.63) is 0 Å². The average Bonchev–Trinajstić information content (AvgIpc) is 1.87. The summed E-state index contributed by atoms with van der Waals surface area (Å²) >= 11 is 0. The SMILES string of the molecule is CN1[C@@H]2CC(=N)C[C@H]1C2. The van der Waals surface area contributed by atoms with Gasteiger partial charge in [0.2, 0.25) is 0 Å². The van der Waals surface area contributed by atoms with Crippen LogP contribution in [0.5, 0.6) is 0 Å². The first-order chi connectivity index (χ1) is 4.27. The van der Waals surface area contributed by atoms with Gasteiger partial charge in [-0.25, -0.2) is 0 Å². The summed E-state index contributed by atoms with van der Waals surface area (Å²) in [7, 11) is 2.17. The lowest BCUT2D eigenvalue weighted by atomic mass is 9.79. The average molecular weight is 124 g/mol. The molecule has 9 heavy (non-hydrogen) atoms. The van der Waals surface area contributed by atoms with Gasteiger partial charge in [-0.1, -0.05) is 0 Å². The van der Waals surface area contributed by atoms with Crippen molar-refractivity contribution < 1.29 is 0 Å². The quantitative estimate of drug-likeness (QED) is 0.509. The van der Waals surface area contributed by atoms with E-state index in [1.165, 1.54) is 6.42 Å². The number of hydrogen-bond acceptors (Lipinski definition) is 2. The molecule has 2 bridgehead atoms. The highest BCUT2D eigenvalue weighted by Gasteiger charge is 2.40. The maximum atomic E-state index is 7.41. The molecule has 0 spiro atoms. The van der Waals surface area contributed by atoms with E-state index < -0.39 is 0 Å². The number of piperidine rings is 1. The van der Waals surface area contributed by atoms with Gasteiger partial charge in [-0.2, -0.15) is 0 Å². The van der Waals surface area contributed by atoms with Gasteiger partial charge < -0.3 is 5.41 Å². The van der Waals surface area contributed by atoms with Crippen LogP contribution in [0.25, 0.3) is 0 Å². The molecule has 0 radical (unpaired) electrons. The Kier molecular flexibility index (Phi) is 0.943. The van der Waals surface area contributed by atoms with Crippen LogP contribution in [-0.2, 0) is 0 Å². The van der Waals surface area contributed by atoms with E-state index in [0.717, 1.165) is 30.6 Å². The first-order valence-electron chi connectivity index (χ1n) is 3.55. The highest BCUT2D eigenvalue weighted by molar-refractivity contribution is 5.84. The molecule has 0 unspecified atom stereocenters. The Hall–Kier alpha value is -0.370. The molecule has 2 atom stereocenters. The van der Waals surface area contributed by atoms with Crippen LogP contribution in [0.2, 0.25) is 0 Å². The Morgan fingerprint density at radius 3 is 2.33 bits per heavy atom. The molecule has 0 aromatic heterocycles. The van der Waals surface area contributed by atoms with Crippen LogP contribution >= 0.6 is 0 Å². The summed E-state index contributed by atoms with van der Waals surface area (Å²) in [5, 5.41) is 7.41. The molecule has 50 valence electrons. The fourth-order valence-corrected chi connectivity index (χ4v) is 1.91. The number of nitrogens with one attached hydrogen (secondary N) is 1. The van der Waals surface area contributed by atoms with Crippen LogP contribution < -0.4 is 0 Å². The molecule has 3 aliphatic rings. The van der Waals surface area contributed by atoms with E-state index in [0.29, 0.717) is 0 Å². The van der Waals surface area contributed by atoms with Gasteiger partial charge in [-0.3, -0.25) is 4.90 Å². The Balaban J connectivity index is 2.09. The van der Waals surface area contributed by atoms with Gasteiger partial charge in [0.25, 0.3) is 0 Å². The second kappa shape index (κ2) is 1.57. The maximum absolute atomic E-state index is 7.41. The van der Waals surface area contributed by atoms with Crippen molar-refractivity contribution in [3.63, 3.8) is 0 Å². The first-order valence-corrected chi connectivity index (χ1v) is 3.55. The Labute approximate surface area is 55.4 Å². The Morgan fingerprint density at radius 2 is 2.00 bits per heavy atom. The fourth-order valence-electron chi connectivity index (χ4n) is 1.91. The molecule has 2 heteroatoms. The first kappa shape index (κ1) is 5.42. The van der Waals surface area contributed by atoms with E-state index in [2.05, 4.69) is 11.9 Å². The van der Waals surface area contributed by atoms with E-state index in [4.69, 9.17) is 5.41 Å². The van der Waals surface area contributed by atoms with Crippen molar-refractivity contribution in [1.82, 2.24) is 4.90 Å². The third kappa shape index (κ3) is 0.628. The molecule has 0 aromatic rings. The molecule has 3 fully saturated rings. The lowest BCUT2D eigenvalue weighted by Gasteiger charge is -2.51. The zero-order valence-corrected chi connectivity index (χ0v) is 5.72. The van der Waals surface area contributed by atoms with Crippen LogP contribution in [-0.4, -0.2) is 29.7 Å². The Morgan fingerprint density at radius 1 is 1.44 bits per heavy atom. The summed E-state index contributed by atoms with van der Waals surface area (Å²) in [5.74, 6) is 0.